The third kappa shape index (κ3) is 17.2. The first kappa shape index (κ1) is 29.9. The zero-order valence-corrected chi connectivity index (χ0v) is 21.0. The van der Waals surface area contributed by atoms with Gasteiger partial charge >= 0.3 is 11.9 Å². The maximum absolute atomic E-state index is 12.1. The highest BCUT2D eigenvalue weighted by atomic mass is 16.6. The van der Waals surface area contributed by atoms with Crippen LogP contribution in [0.1, 0.15) is 131 Å². The van der Waals surface area contributed by atoms with Crippen LogP contribution in [-0.2, 0) is 19.1 Å². The van der Waals surface area contributed by atoms with Crippen molar-refractivity contribution >= 4 is 11.9 Å². The third-order valence-electron chi connectivity index (χ3n) is 5.80. The molecule has 5 nitrogen and oxygen atoms in total. The van der Waals surface area contributed by atoms with Gasteiger partial charge in [-0.15, -0.1) is 0 Å². The molecule has 5 heteroatoms. The Morgan fingerprint density at radius 2 is 1.29 bits per heavy atom. The molecule has 0 aliphatic carbocycles. The number of carbonyl (C=O) groups excluding carboxylic acids is 2. The molecule has 0 amide bonds. The summed E-state index contributed by atoms with van der Waals surface area (Å²) in [5.41, 5.74) is 0. The molecule has 31 heavy (non-hydrogen) atoms. The van der Waals surface area contributed by atoms with E-state index in [4.69, 9.17) is 9.47 Å². The van der Waals surface area contributed by atoms with Gasteiger partial charge in [0.2, 0.25) is 0 Å². The molecule has 0 saturated heterocycles. The average molecular weight is 443 g/mol. The maximum Gasteiger partial charge on any atom is 0.308 e. The molecule has 1 N–H and O–H groups in total. The van der Waals surface area contributed by atoms with E-state index in [0.29, 0.717) is 19.3 Å². The van der Waals surface area contributed by atoms with Crippen LogP contribution in [0.25, 0.3) is 0 Å². The normalized spacial score (nSPS) is 14.3. The molecule has 184 valence electrons. The van der Waals surface area contributed by atoms with E-state index in [1.165, 1.54) is 25.7 Å². The fourth-order valence-corrected chi connectivity index (χ4v) is 3.45. The Morgan fingerprint density at radius 1 is 0.742 bits per heavy atom. The Balaban J connectivity index is 4.14. The lowest BCUT2D eigenvalue weighted by Gasteiger charge is -2.24. The van der Waals surface area contributed by atoms with E-state index in [2.05, 4.69) is 6.92 Å². The molecule has 0 rings (SSSR count). The Bertz CT molecular complexity index is 449. The van der Waals surface area contributed by atoms with Crippen molar-refractivity contribution in [3.63, 3.8) is 0 Å². The summed E-state index contributed by atoms with van der Waals surface area (Å²) in [6, 6.07) is 0. The number of rotatable bonds is 20. The van der Waals surface area contributed by atoms with E-state index in [-0.39, 0.29) is 24.0 Å². The molecule has 0 aliphatic heterocycles. The van der Waals surface area contributed by atoms with E-state index in [0.717, 1.165) is 51.4 Å². The highest BCUT2D eigenvalue weighted by Gasteiger charge is 2.24. The van der Waals surface area contributed by atoms with Crippen LogP contribution >= 0.6 is 0 Å². The molecule has 3 unspecified atom stereocenters. The Hall–Kier alpha value is -1.10. The van der Waals surface area contributed by atoms with Crippen molar-refractivity contribution in [3.05, 3.63) is 0 Å². The van der Waals surface area contributed by atoms with Gasteiger partial charge in [-0.25, -0.2) is 0 Å². The molecule has 0 spiro atoms. The summed E-state index contributed by atoms with van der Waals surface area (Å²) < 4.78 is 10.9. The average Bonchev–Trinajstić information content (AvgIpc) is 2.73. The first-order valence-corrected chi connectivity index (χ1v) is 12.9. The first-order valence-electron chi connectivity index (χ1n) is 12.9. The largest absolute Gasteiger partial charge is 0.463 e. The van der Waals surface area contributed by atoms with E-state index in [1.807, 2.05) is 27.7 Å². The number of aliphatic hydroxyl groups excluding tert-OH is 1. The SMILES string of the molecule is CCCCCCCCC(O)C(CCCCCCCC(=O)OC(C)CC)OC(=O)C(C)C. The minimum atomic E-state index is -0.579. The second-order valence-electron chi connectivity index (χ2n) is 9.27. The number of aliphatic hydroxyl groups is 1. The zero-order valence-electron chi connectivity index (χ0n) is 21.0. The second kappa shape index (κ2) is 19.6. The van der Waals surface area contributed by atoms with Gasteiger partial charge in [0.1, 0.15) is 6.10 Å². The minimum absolute atomic E-state index is 0.000695. The monoisotopic (exact) mass is 442 g/mol. The van der Waals surface area contributed by atoms with Crippen molar-refractivity contribution in [1.82, 2.24) is 0 Å². The molecule has 0 aromatic heterocycles. The minimum Gasteiger partial charge on any atom is -0.463 e. The number of esters is 2. The lowest BCUT2D eigenvalue weighted by atomic mass is 9.99. The Kier molecular flexibility index (Phi) is 18.9. The van der Waals surface area contributed by atoms with Gasteiger partial charge in [0, 0.05) is 6.42 Å². The standard InChI is InChI=1S/C26H50O5/c1-6-8-9-10-12-15-18-23(27)24(31-26(29)21(3)4)19-16-13-11-14-17-20-25(28)30-22(5)7-2/h21-24,27H,6-20H2,1-5H3. The summed E-state index contributed by atoms with van der Waals surface area (Å²) in [4.78, 5) is 23.7. The molecule has 0 heterocycles. The molecule has 0 fully saturated rings. The number of hydrogen-bond acceptors (Lipinski definition) is 5. The molecule has 0 aliphatic rings. The third-order valence-corrected chi connectivity index (χ3v) is 5.80. The fourth-order valence-electron chi connectivity index (χ4n) is 3.45. The summed E-state index contributed by atoms with van der Waals surface area (Å²) in [6.45, 7) is 9.78. The summed E-state index contributed by atoms with van der Waals surface area (Å²) in [7, 11) is 0. The van der Waals surface area contributed by atoms with Crippen molar-refractivity contribution < 1.29 is 24.2 Å². The fraction of sp³-hybridized carbons (Fsp3) is 0.923. The van der Waals surface area contributed by atoms with Crippen molar-refractivity contribution in [2.75, 3.05) is 0 Å². The van der Waals surface area contributed by atoms with Gasteiger partial charge in [0.05, 0.1) is 18.1 Å². The number of ether oxygens (including phenoxy) is 2. The molecular weight excluding hydrogens is 392 g/mol. The Labute approximate surface area is 191 Å². The van der Waals surface area contributed by atoms with Gasteiger partial charge in [-0.05, 0) is 39.0 Å². The van der Waals surface area contributed by atoms with E-state index < -0.39 is 12.2 Å². The maximum atomic E-state index is 12.1. The molecule has 0 radical (unpaired) electrons. The number of unbranched alkanes of at least 4 members (excludes halogenated alkanes) is 9. The van der Waals surface area contributed by atoms with Crippen molar-refractivity contribution in [3.8, 4) is 0 Å². The smallest absolute Gasteiger partial charge is 0.308 e. The van der Waals surface area contributed by atoms with Crippen molar-refractivity contribution in [2.45, 2.75) is 149 Å². The van der Waals surface area contributed by atoms with Crippen LogP contribution < -0.4 is 0 Å². The lowest BCUT2D eigenvalue weighted by molar-refractivity contribution is -0.159. The highest BCUT2D eigenvalue weighted by Crippen LogP contribution is 2.19. The summed E-state index contributed by atoms with van der Waals surface area (Å²) >= 11 is 0. The summed E-state index contributed by atoms with van der Waals surface area (Å²) in [5.74, 6) is -0.515. The van der Waals surface area contributed by atoms with Crippen LogP contribution in [0, 0.1) is 5.92 Å². The van der Waals surface area contributed by atoms with E-state index in [1.54, 1.807) is 0 Å². The van der Waals surface area contributed by atoms with Gasteiger partial charge in [-0.1, -0.05) is 85.5 Å². The molecular formula is C26H50O5. The van der Waals surface area contributed by atoms with Crippen LogP contribution in [0.15, 0.2) is 0 Å². The zero-order chi connectivity index (χ0) is 23.5. The first-order chi connectivity index (χ1) is 14.8. The van der Waals surface area contributed by atoms with Crippen LogP contribution in [0.4, 0.5) is 0 Å². The number of hydrogen-bond donors (Lipinski definition) is 1. The van der Waals surface area contributed by atoms with Crippen LogP contribution in [0.5, 0.6) is 0 Å². The highest BCUT2D eigenvalue weighted by molar-refractivity contribution is 5.71. The molecule has 3 atom stereocenters. The molecule has 0 aromatic rings. The quantitative estimate of drug-likeness (QED) is 0.167. The summed E-state index contributed by atoms with van der Waals surface area (Å²) in [6.07, 6.45) is 13.6. The molecule has 0 saturated carbocycles. The molecule has 0 bridgehead atoms. The Morgan fingerprint density at radius 3 is 1.87 bits per heavy atom. The van der Waals surface area contributed by atoms with Gasteiger partial charge in [-0.2, -0.15) is 0 Å². The number of carbonyl (C=O) groups is 2. The van der Waals surface area contributed by atoms with Gasteiger partial charge in [0.25, 0.3) is 0 Å². The predicted octanol–water partition coefficient (Wildman–Crippen LogP) is 6.74. The van der Waals surface area contributed by atoms with Gasteiger partial charge < -0.3 is 14.6 Å². The predicted molar refractivity (Wildman–Crippen MR) is 127 cm³/mol. The molecule has 0 aromatic carbocycles. The van der Waals surface area contributed by atoms with Crippen LogP contribution in [0.2, 0.25) is 0 Å². The van der Waals surface area contributed by atoms with Crippen molar-refractivity contribution in [1.29, 1.82) is 0 Å². The van der Waals surface area contributed by atoms with E-state index >= 15 is 0 Å². The van der Waals surface area contributed by atoms with Crippen molar-refractivity contribution in [2.24, 2.45) is 5.92 Å². The lowest BCUT2D eigenvalue weighted by Crippen LogP contribution is -2.32. The van der Waals surface area contributed by atoms with Crippen LogP contribution in [0.3, 0.4) is 0 Å². The second-order valence-corrected chi connectivity index (χ2v) is 9.27. The summed E-state index contributed by atoms with van der Waals surface area (Å²) in [5, 5.41) is 10.6. The van der Waals surface area contributed by atoms with Gasteiger partial charge in [0.15, 0.2) is 0 Å². The van der Waals surface area contributed by atoms with Crippen LogP contribution in [-0.4, -0.2) is 35.4 Å². The topological polar surface area (TPSA) is 72.8 Å². The van der Waals surface area contributed by atoms with Gasteiger partial charge in [-0.3, -0.25) is 9.59 Å². The van der Waals surface area contributed by atoms with E-state index in [9.17, 15) is 14.7 Å².